The van der Waals surface area contributed by atoms with E-state index >= 15 is 0 Å². The summed E-state index contributed by atoms with van der Waals surface area (Å²) in [5.41, 5.74) is 1.83. The van der Waals surface area contributed by atoms with Gasteiger partial charge < -0.3 is 4.43 Å². The maximum absolute atomic E-state index is 6.03. The van der Waals surface area contributed by atoms with E-state index in [0.29, 0.717) is 0 Å². The second-order valence-corrected chi connectivity index (χ2v) is 9.82. The highest BCUT2D eigenvalue weighted by Crippen LogP contribution is 2.29. The van der Waals surface area contributed by atoms with Crippen molar-refractivity contribution in [1.29, 1.82) is 0 Å². The highest BCUT2D eigenvalue weighted by atomic mass is 28.4. The largest absolute Gasteiger partial charge is 0.543 e. The average Bonchev–Trinajstić information content (AvgIpc) is 2.72. The Morgan fingerprint density at radius 2 is 2.00 bits per heavy atom. The van der Waals surface area contributed by atoms with E-state index in [0.717, 1.165) is 17.0 Å². The second-order valence-electron chi connectivity index (χ2n) is 5.39. The van der Waals surface area contributed by atoms with Crippen LogP contribution in [0.2, 0.25) is 19.6 Å². The summed E-state index contributed by atoms with van der Waals surface area (Å²) in [6.45, 7) is 6.48. The van der Waals surface area contributed by atoms with Gasteiger partial charge in [0.05, 0.1) is 6.20 Å². The summed E-state index contributed by atoms with van der Waals surface area (Å²) in [7, 11) is 0.265. The van der Waals surface area contributed by atoms with Crippen molar-refractivity contribution in [3.63, 3.8) is 0 Å². The number of hydrogen-bond acceptors (Lipinski definition) is 3. The van der Waals surface area contributed by atoms with E-state index in [9.17, 15) is 0 Å². The number of rotatable bonds is 4. The average molecular weight is 273 g/mol. The minimum Gasteiger partial charge on any atom is -0.543 e. The SMILES string of the molecule is Cn1cc(C=Nc2ccccc2O[Si](C)(C)C)cn1. The third-order valence-electron chi connectivity index (χ3n) is 2.36. The minimum atomic E-state index is -1.62. The Kier molecular flexibility index (Phi) is 3.85. The third kappa shape index (κ3) is 4.06. The highest BCUT2D eigenvalue weighted by molar-refractivity contribution is 6.70. The Morgan fingerprint density at radius 1 is 1.26 bits per heavy atom. The molecule has 0 atom stereocenters. The molecule has 1 aromatic carbocycles. The molecular weight excluding hydrogens is 254 g/mol. The molecule has 1 heterocycles. The smallest absolute Gasteiger partial charge is 0.242 e. The molecule has 0 bridgehead atoms. The van der Waals surface area contributed by atoms with Crippen LogP contribution in [0.5, 0.6) is 5.75 Å². The molecule has 0 saturated heterocycles. The van der Waals surface area contributed by atoms with Crippen molar-refractivity contribution in [3.05, 3.63) is 42.2 Å². The van der Waals surface area contributed by atoms with Crippen LogP contribution in [-0.4, -0.2) is 24.3 Å². The van der Waals surface area contributed by atoms with Gasteiger partial charge in [-0.1, -0.05) is 12.1 Å². The Labute approximate surface area is 114 Å². The van der Waals surface area contributed by atoms with Crippen LogP contribution >= 0.6 is 0 Å². The highest BCUT2D eigenvalue weighted by Gasteiger charge is 2.17. The second kappa shape index (κ2) is 5.40. The maximum Gasteiger partial charge on any atom is 0.242 e. The van der Waals surface area contributed by atoms with E-state index < -0.39 is 8.32 Å². The molecule has 4 nitrogen and oxygen atoms in total. The quantitative estimate of drug-likeness (QED) is 0.633. The van der Waals surface area contributed by atoms with Gasteiger partial charge >= 0.3 is 0 Å². The number of aryl methyl sites for hydroxylation is 1. The Bertz CT molecular complexity index is 584. The number of aromatic nitrogens is 2. The monoisotopic (exact) mass is 273 g/mol. The molecule has 1 aromatic heterocycles. The molecule has 100 valence electrons. The van der Waals surface area contributed by atoms with Gasteiger partial charge in [-0.05, 0) is 31.8 Å². The first kappa shape index (κ1) is 13.5. The summed E-state index contributed by atoms with van der Waals surface area (Å²) in [5, 5.41) is 4.11. The molecular formula is C14H19N3OSi. The molecule has 2 aromatic rings. The predicted molar refractivity (Wildman–Crippen MR) is 80.9 cm³/mol. The van der Waals surface area contributed by atoms with E-state index in [2.05, 4.69) is 29.7 Å². The van der Waals surface area contributed by atoms with Crippen LogP contribution in [0.1, 0.15) is 5.56 Å². The summed E-state index contributed by atoms with van der Waals surface area (Å²) in [5.74, 6) is 0.849. The first-order valence-electron chi connectivity index (χ1n) is 6.25. The minimum absolute atomic E-state index is 0.849. The zero-order valence-corrected chi connectivity index (χ0v) is 12.8. The van der Waals surface area contributed by atoms with Gasteiger partial charge in [-0.2, -0.15) is 5.10 Å². The lowest BCUT2D eigenvalue weighted by atomic mass is 10.3. The first-order chi connectivity index (χ1) is 8.94. The Morgan fingerprint density at radius 3 is 2.63 bits per heavy atom. The lowest BCUT2D eigenvalue weighted by Crippen LogP contribution is -2.29. The molecule has 5 heteroatoms. The fourth-order valence-corrected chi connectivity index (χ4v) is 2.46. The van der Waals surface area contributed by atoms with E-state index in [4.69, 9.17) is 4.43 Å². The lowest BCUT2D eigenvalue weighted by Gasteiger charge is -2.20. The molecule has 0 aliphatic rings. The van der Waals surface area contributed by atoms with Crippen molar-refractivity contribution in [3.8, 4) is 5.75 Å². The number of para-hydroxylation sites is 2. The lowest BCUT2D eigenvalue weighted by molar-refractivity contribution is 0.559. The van der Waals surface area contributed by atoms with Crippen molar-refractivity contribution >= 4 is 20.2 Å². The van der Waals surface area contributed by atoms with E-state index in [1.165, 1.54) is 0 Å². The number of benzene rings is 1. The third-order valence-corrected chi connectivity index (χ3v) is 3.19. The molecule has 0 radical (unpaired) electrons. The topological polar surface area (TPSA) is 39.4 Å². The molecule has 2 rings (SSSR count). The van der Waals surface area contributed by atoms with Crippen LogP contribution in [-0.2, 0) is 7.05 Å². The molecule has 0 spiro atoms. The van der Waals surface area contributed by atoms with Crippen molar-refractivity contribution in [2.75, 3.05) is 0 Å². The molecule has 0 unspecified atom stereocenters. The normalized spacial score (nSPS) is 12.0. The van der Waals surface area contributed by atoms with Crippen LogP contribution in [0.15, 0.2) is 41.7 Å². The molecule has 0 N–H and O–H groups in total. The van der Waals surface area contributed by atoms with Gasteiger partial charge in [0, 0.05) is 25.0 Å². The van der Waals surface area contributed by atoms with Gasteiger partial charge in [0.2, 0.25) is 8.32 Å². The van der Waals surface area contributed by atoms with Crippen LogP contribution in [0.3, 0.4) is 0 Å². The Hall–Kier alpha value is -1.88. The van der Waals surface area contributed by atoms with Gasteiger partial charge in [0.25, 0.3) is 0 Å². The van der Waals surface area contributed by atoms with Crippen LogP contribution in [0.25, 0.3) is 0 Å². The van der Waals surface area contributed by atoms with Crippen LogP contribution in [0, 0.1) is 0 Å². The van der Waals surface area contributed by atoms with Gasteiger partial charge in [-0.25, -0.2) is 0 Å². The van der Waals surface area contributed by atoms with Crippen molar-refractivity contribution in [2.24, 2.45) is 12.0 Å². The maximum atomic E-state index is 6.03. The van der Waals surface area contributed by atoms with Crippen molar-refractivity contribution in [1.82, 2.24) is 9.78 Å². The number of hydrogen-bond donors (Lipinski definition) is 0. The standard InChI is InChI=1S/C14H19N3OSi/c1-17-11-12(10-16-17)9-15-13-7-5-6-8-14(13)18-19(2,3)4/h5-11H,1-4H3. The number of nitrogens with zero attached hydrogens (tertiary/aromatic N) is 3. The van der Waals surface area contributed by atoms with E-state index in [1.807, 2.05) is 37.5 Å². The molecule has 0 fully saturated rings. The van der Waals surface area contributed by atoms with E-state index in [-0.39, 0.29) is 0 Å². The van der Waals surface area contributed by atoms with Crippen LogP contribution < -0.4 is 4.43 Å². The number of aliphatic imine (C=N–C) groups is 1. The summed E-state index contributed by atoms with van der Waals surface area (Å²) in [4.78, 5) is 4.49. The molecule has 0 saturated carbocycles. The van der Waals surface area contributed by atoms with Gasteiger partial charge in [-0.15, -0.1) is 0 Å². The molecule has 0 aliphatic heterocycles. The zero-order valence-electron chi connectivity index (χ0n) is 11.8. The fourth-order valence-electron chi connectivity index (χ4n) is 1.63. The van der Waals surface area contributed by atoms with Gasteiger partial charge in [0.1, 0.15) is 11.4 Å². The first-order valence-corrected chi connectivity index (χ1v) is 9.66. The fraction of sp³-hybridized carbons (Fsp3) is 0.286. The summed E-state index contributed by atoms with van der Waals surface area (Å²) >= 11 is 0. The van der Waals surface area contributed by atoms with Crippen LogP contribution in [0.4, 0.5) is 5.69 Å². The predicted octanol–water partition coefficient (Wildman–Crippen LogP) is 3.38. The van der Waals surface area contributed by atoms with Gasteiger partial charge in [-0.3, -0.25) is 9.67 Å². The van der Waals surface area contributed by atoms with E-state index in [1.54, 1.807) is 17.1 Å². The Balaban J connectivity index is 2.22. The van der Waals surface area contributed by atoms with Crippen molar-refractivity contribution in [2.45, 2.75) is 19.6 Å². The summed E-state index contributed by atoms with van der Waals surface area (Å²) < 4.78 is 7.79. The van der Waals surface area contributed by atoms with Gasteiger partial charge in [0.15, 0.2) is 0 Å². The molecule has 19 heavy (non-hydrogen) atoms. The molecule has 0 amide bonds. The van der Waals surface area contributed by atoms with Crippen molar-refractivity contribution < 1.29 is 4.43 Å². The summed E-state index contributed by atoms with van der Waals surface area (Å²) in [6.07, 6.45) is 5.51. The molecule has 0 aliphatic carbocycles. The zero-order chi connectivity index (χ0) is 13.9. The summed E-state index contributed by atoms with van der Waals surface area (Å²) in [6, 6.07) is 7.86.